The molecule has 0 aliphatic heterocycles. The fourth-order valence-corrected chi connectivity index (χ4v) is 1.69. The Morgan fingerprint density at radius 1 is 1.24 bits per heavy atom. The number of methoxy groups -OCH3 is 1. The van der Waals surface area contributed by atoms with Crippen molar-refractivity contribution < 1.29 is 17.9 Å². The van der Waals surface area contributed by atoms with Crippen molar-refractivity contribution in [1.29, 1.82) is 0 Å². The van der Waals surface area contributed by atoms with Crippen LogP contribution in [0.3, 0.4) is 0 Å². The molecule has 5 heteroatoms. The zero-order valence-corrected chi connectivity index (χ0v) is 9.90. The van der Waals surface area contributed by atoms with Crippen LogP contribution in [0.1, 0.15) is 24.4 Å². The van der Waals surface area contributed by atoms with Gasteiger partial charge in [-0.15, -0.1) is 0 Å². The zero-order chi connectivity index (χ0) is 12.8. The molecule has 17 heavy (non-hydrogen) atoms. The average Bonchev–Trinajstić information content (AvgIpc) is 2.31. The molecule has 1 atom stereocenters. The van der Waals surface area contributed by atoms with E-state index >= 15 is 0 Å². The van der Waals surface area contributed by atoms with Crippen molar-refractivity contribution >= 4 is 0 Å². The highest BCUT2D eigenvalue weighted by molar-refractivity contribution is 5.22. The van der Waals surface area contributed by atoms with E-state index in [2.05, 4.69) is 5.32 Å². The molecule has 96 valence electrons. The second-order valence-electron chi connectivity index (χ2n) is 3.77. The Balaban J connectivity index is 2.81. The molecule has 1 rings (SSSR count). The third-order valence-electron chi connectivity index (χ3n) is 2.60. The van der Waals surface area contributed by atoms with Crippen molar-refractivity contribution in [2.45, 2.75) is 18.9 Å². The van der Waals surface area contributed by atoms with Crippen LogP contribution in [0, 0.1) is 17.5 Å². The Morgan fingerprint density at radius 3 is 2.29 bits per heavy atom. The quantitative estimate of drug-likeness (QED) is 0.616. The molecule has 0 aliphatic carbocycles. The average molecular weight is 247 g/mol. The third kappa shape index (κ3) is 3.71. The third-order valence-corrected chi connectivity index (χ3v) is 2.60. The summed E-state index contributed by atoms with van der Waals surface area (Å²) in [6.45, 7) is 0.574. The molecule has 0 radical (unpaired) electrons. The van der Waals surface area contributed by atoms with Crippen molar-refractivity contribution in [1.82, 2.24) is 5.32 Å². The number of hydrogen-bond donors (Lipinski definition) is 1. The molecule has 0 saturated carbocycles. The number of benzene rings is 1. The van der Waals surface area contributed by atoms with Gasteiger partial charge in [-0.25, -0.2) is 13.2 Å². The van der Waals surface area contributed by atoms with E-state index in [0.717, 1.165) is 18.6 Å². The van der Waals surface area contributed by atoms with E-state index in [1.807, 2.05) is 0 Å². The first-order valence-electron chi connectivity index (χ1n) is 5.40. The maximum atomic E-state index is 13.1. The van der Waals surface area contributed by atoms with Gasteiger partial charge in [0.25, 0.3) is 0 Å². The summed E-state index contributed by atoms with van der Waals surface area (Å²) in [5.41, 5.74) is 0.403. The molecule has 2 nitrogen and oxygen atoms in total. The van der Waals surface area contributed by atoms with Gasteiger partial charge in [-0.05, 0) is 37.6 Å². The Hall–Kier alpha value is -1.07. The normalized spacial score (nSPS) is 12.8. The van der Waals surface area contributed by atoms with Crippen molar-refractivity contribution in [3.63, 3.8) is 0 Å². The van der Waals surface area contributed by atoms with Gasteiger partial charge in [0, 0.05) is 19.8 Å². The predicted octanol–water partition coefficient (Wildman–Crippen LogP) is 2.79. The van der Waals surface area contributed by atoms with Gasteiger partial charge in [0.2, 0.25) is 0 Å². The number of hydrogen-bond acceptors (Lipinski definition) is 2. The maximum Gasteiger partial charge on any atom is 0.194 e. The second-order valence-corrected chi connectivity index (χ2v) is 3.77. The van der Waals surface area contributed by atoms with Crippen LogP contribution in [0.2, 0.25) is 0 Å². The molecule has 1 aromatic rings. The predicted molar refractivity (Wildman–Crippen MR) is 59.2 cm³/mol. The van der Waals surface area contributed by atoms with E-state index in [0.29, 0.717) is 18.6 Å². The van der Waals surface area contributed by atoms with Crippen LogP contribution in [0.4, 0.5) is 13.2 Å². The largest absolute Gasteiger partial charge is 0.385 e. The fourth-order valence-electron chi connectivity index (χ4n) is 1.69. The number of nitrogens with one attached hydrogen (secondary N) is 1. The van der Waals surface area contributed by atoms with Crippen LogP contribution >= 0.6 is 0 Å². The summed E-state index contributed by atoms with van der Waals surface area (Å²) in [7, 11) is 3.28. The van der Waals surface area contributed by atoms with Crippen LogP contribution in [0.25, 0.3) is 0 Å². The lowest BCUT2D eigenvalue weighted by atomic mass is 10.0. The molecule has 0 spiro atoms. The summed E-state index contributed by atoms with van der Waals surface area (Å²) in [6.07, 6.45) is 1.41. The Kier molecular flexibility index (Phi) is 5.44. The van der Waals surface area contributed by atoms with E-state index < -0.39 is 17.5 Å². The number of rotatable bonds is 6. The van der Waals surface area contributed by atoms with Gasteiger partial charge in [-0.3, -0.25) is 0 Å². The summed E-state index contributed by atoms with van der Waals surface area (Å²) < 4.78 is 43.8. The Morgan fingerprint density at radius 2 is 1.82 bits per heavy atom. The number of ether oxygens (including phenoxy) is 1. The lowest BCUT2D eigenvalue weighted by molar-refractivity contribution is 0.189. The van der Waals surface area contributed by atoms with Gasteiger partial charge in [0.05, 0.1) is 0 Å². The maximum absolute atomic E-state index is 13.1. The monoisotopic (exact) mass is 247 g/mol. The molecule has 0 aromatic heterocycles. The van der Waals surface area contributed by atoms with E-state index in [4.69, 9.17) is 4.74 Å². The minimum atomic E-state index is -1.43. The zero-order valence-electron chi connectivity index (χ0n) is 9.90. The fraction of sp³-hybridized carbons (Fsp3) is 0.500. The Bertz CT molecular complexity index is 348. The van der Waals surface area contributed by atoms with Gasteiger partial charge < -0.3 is 10.1 Å². The van der Waals surface area contributed by atoms with Gasteiger partial charge >= 0.3 is 0 Å². The molecule has 0 saturated heterocycles. The van der Waals surface area contributed by atoms with Gasteiger partial charge in [-0.2, -0.15) is 0 Å². The van der Waals surface area contributed by atoms with Crippen LogP contribution in [0.5, 0.6) is 0 Å². The molecule has 0 heterocycles. The van der Waals surface area contributed by atoms with Gasteiger partial charge in [0.1, 0.15) is 0 Å². The summed E-state index contributed by atoms with van der Waals surface area (Å²) in [4.78, 5) is 0. The first-order chi connectivity index (χ1) is 8.10. The molecule has 0 aliphatic rings. The highest BCUT2D eigenvalue weighted by Crippen LogP contribution is 2.22. The van der Waals surface area contributed by atoms with Gasteiger partial charge in [0.15, 0.2) is 17.5 Å². The van der Waals surface area contributed by atoms with Crippen molar-refractivity contribution in [2.75, 3.05) is 20.8 Å². The highest BCUT2D eigenvalue weighted by Gasteiger charge is 2.15. The first kappa shape index (κ1) is 14.0. The minimum absolute atomic E-state index is 0.213. The molecule has 0 bridgehead atoms. The molecule has 0 fully saturated rings. The van der Waals surface area contributed by atoms with Gasteiger partial charge in [-0.1, -0.05) is 0 Å². The lowest BCUT2D eigenvalue weighted by Gasteiger charge is -2.16. The van der Waals surface area contributed by atoms with E-state index in [1.165, 1.54) is 0 Å². The van der Waals surface area contributed by atoms with Crippen molar-refractivity contribution in [3.05, 3.63) is 35.1 Å². The topological polar surface area (TPSA) is 21.3 Å². The van der Waals surface area contributed by atoms with E-state index in [9.17, 15) is 13.2 Å². The molecule has 1 unspecified atom stereocenters. The standard InChI is InChI=1S/C12H16F3NO/c1-16-11(4-3-5-17-2)8-6-9(13)12(15)10(14)7-8/h6-7,11,16H,3-5H2,1-2H3. The molecular weight excluding hydrogens is 231 g/mol. The number of halogens is 3. The summed E-state index contributed by atoms with van der Waals surface area (Å²) >= 11 is 0. The highest BCUT2D eigenvalue weighted by atomic mass is 19.2. The minimum Gasteiger partial charge on any atom is -0.385 e. The summed E-state index contributed by atoms with van der Waals surface area (Å²) in [6, 6.07) is 1.83. The lowest BCUT2D eigenvalue weighted by Crippen LogP contribution is -2.17. The molecular formula is C12H16F3NO. The van der Waals surface area contributed by atoms with E-state index in [1.54, 1.807) is 14.2 Å². The molecule has 0 amide bonds. The Labute approximate surface area is 98.8 Å². The molecule has 1 aromatic carbocycles. The van der Waals surface area contributed by atoms with Crippen LogP contribution in [-0.2, 0) is 4.74 Å². The van der Waals surface area contributed by atoms with Crippen LogP contribution in [-0.4, -0.2) is 20.8 Å². The van der Waals surface area contributed by atoms with Crippen LogP contribution < -0.4 is 5.32 Å². The SMILES string of the molecule is CNC(CCCOC)c1cc(F)c(F)c(F)c1. The van der Waals surface area contributed by atoms with Crippen molar-refractivity contribution in [2.24, 2.45) is 0 Å². The second kappa shape index (κ2) is 6.61. The van der Waals surface area contributed by atoms with Crippen molar-refractivity contribution in [3.8, 4) is 0 Å². The summed E-state index contributed by atoms with van der Waals surface area (Å²) in [5.74, 6) is -3.75. The first-order valence-corrected chi connectivity index (χ1v) is 5.40. The molecule has 1 N–H and O–H groups in total. The van der Waals surface area contributed by atoms with Crippen LogP contribution in [0.15, 0.2) is 12.1 Å². The van der Waals surface area contributed by atoms with E-state index in [-0.39, 0.29) is 6.04 Å². The smallest absolute Gasteiger partial charge is 0.194 e. The summed E-state index contributed by atoms with van der Waals surface area (Å²) in [5, 5.41) is 2.94.